The van der Waals surface area contributed by atoms with E-state index in [9.17, 15) is 30.3 Å². The van der Waals surface area contributed by atoms with Crippen LogP contribution < -0.4 is 4.74 Å². The third kappa shape index (κ3) is 3.32. The summed E-state index contributed by atoms with van der Waals surface area (Å²) >= 11 is 0. The average Bonchev–Trinajstić information content (AvgIpc) is 2.63. The lowest BCUT2D eigenvalue weighted by Gasteiger charge is -2.31. The van der Waals surface area contributed by atoms with E-state index < -0.39 is 35.1 Å². The fraction of sp³-hybridized carbons (Fsp3) is 0.350. The fourth-order valence-corrected chi connectivity index (χ4v) is 3.13. The summed E-state index contributed by atoms with van der Waals surface area (Å²) in [7, 11) is 1.49. The summed E-state index contributed by atoms with van der Waals surface area (Å²) in [6.45, 7) is 3.51. The van der Waals surface area contributed by atoms with Gasteiger partial charge in [-0.25, -0.2) is 0 Å². The van der Waals surface area contributed by atoms with Crippen molar-refractivity contribution in [2.24, 2.45) is 0 Å². The Hall–Kier alpha value is -2.97. The van der Waals surface area contributed by atoms with Crippen molar-refractivity contribution < 1.29 is 39.8 Å². The summed E-state index contributed by atoms with van der Waals surface area (Å²) < 4.78 is 11.0. The number of ketones is 1. The Kier molecular flexibility index (Phi) is 4.86. The van der Waals surface area contributed by atoms with Crippen molar-refractivity contribution >= 4 is 5.78 Å². The smallest absolute Gasteiger partial charge is 0.202 e. The van der Waals surface area contributed by atoms with Crippen molar-refractivity contribution in [1.29, 1.82) is 0 Å². The summed E-state index contributed by atoms with van der Waals surface area (Å²) in [5, 5.41) is 50.5. The van der Waals surface area contributed by atoms with Crippen LogP contribution in [-0.4, -0.2) is 50.1 Å². The summed E-state index contributed by atoms with van der Waals surface area (Å²) in [5.41, 5.74) is -0.598. The molecule has 0 radical (unpaired) electrons. The second-order valence-electron chi connectivity index (χ2n) is 7.33. The van der Waals surface area contributed by atoms with Crippen molar-refractivity contribution in [3.63, 3.8) is 0 Å². The van der Waals surface area contributed by atoms with Crippen LogP contribution in [0.4, 0.5) is 0 Å². The van der Waals surface area contributed by atoms with Crippen LogP contribution in [0.3, 0.4) is 0 Å². The number of fused-ring (bicyclic) bond motifs is 1. The molecule has 2 aromatic carbocycles. The van der Waals surface area contributed by atoms with Crippen LogP contribution in [-0.2, 0) is 11.2 Å². The van der Waals surface area contributed by atoms with Gasteiger partial charge in [-0.3, -0.25) is 4.79 Å². The molecule has 1 aliphatic rings. The second-order valence-corrected chi connectivity index (χ2v) is 7.33. The maximum Gasteiger partial charge on any atom is 0.202 e. The highest BCUT2D eigenvalue weighted by Crippen LogP contribution is 2.46. The fourth-order valence-electron chi connectivity index (χ4n) is 3.13. The van der Waals surface area contributed by atoms with Crippen LogP contribution in [0.1, 0.15) is 41.4 Å². The number of rotatable bonds is 4. The molecule has 0 saturated heterocycles. The second kappa shape index (κ2) is 6.88. The minimum Gasteiger partial charge on any atom is -0.507 e. The standard InChI is InChI=1S/C20H22O8/c1-20(2,27-3)8-10-12(22)7-14-15(16(10)24)17(25)18(26)19(28-14)9-4-5-11(21)13(23)6-9/h4-7,18-19,21-24,26H,8H2,1-3H3. The number of carbonyl (C=O) groups excluding carboxylic acids is 1. The van der Waals surface area contributed by atoms with E-state index in [0.717, 1.165) is 6.07 Å². The quantitative estimate of drug-likeness (QED) is 0.501. The summed E-state index contributed by atoms with van der Waals surface area (Å²) in [4.78, 5) is 12.8. The Morgan fingerprint density at radius 2 is 1.75 bits per heavy atom. The van der Waals surface area contributed by atoms with Gasteiger partial charge in [0.2, 0.25) is 5.78 Å². The van der Waals surface area contributed by atoms with E-state index in [4.69, 9.17) is 9.47 Å². The molecule has 1 aliphatic heterocycles. The highest BCUT2D eigenvalue weighted by atomic mass is 16.5. The van der Waals surface area contributed by atoms with Gasteiger partial charge in [0, 0.05) is 25.2 Å². The number of aliphatic hydroxyl groups excluding tert-OH is 1. The average molecular weight is 390 g/mol. The first-order chi connectivity index (χ1) is 13.1. The highest BCUT2D eigenvalue weighted by Gasteiger charge is 2.40. The molecule has 0 spiro atoms. The van der Waals surface area contributed by atoms with Crippen LogP contribution in [0.2, 0.25) is 0 Å². The number of benzene rings is 2. The third-order valence-corrected chi connectivity index (χ3v) is 4.88. The zero-order valence-corrected chi connectivity index (χ0v) is 15.6. The Bertz CT molecular complexity index is 934. The number of aromatic hydroxyl groups is 4. The lowest BCUT2D eigenvalue weighted by Crippen LogP contribution is -2.36. The molecule has 0 aromatic heterocycles. The number of hydrogen-bond acceptors (Lipinski definition) is 8. The molecule has 2 atom stereocenters. The van der Waals surface area contributed by atoms with Gasteiger partial charge in [0.05, 0.1) is 5.60 Å². The van der Waals surface area contributed by atoms with Crippen LogP contribution >= 0.6 is 0 Å². The SMILES string of the molecule is COC(C)(C)Cc1c(O)cc2c(c1O)C(=O)C(O)C(c1ccc(O)c(O)c1)O2. The van der Waals surface area contributed by atoms with Crippen LogP contribution in [0.15, 0.2) is 24.3 Å². The minimum atomic E-state index is -1.66. The molecule has 5 N–H and O–H groups in total. The lowest BCUT2D eigenvalue weighted by atomic mass is 9.88. The molecule has 8 heteroatoms. The zero-order valence-electron chi connectivity index (χ0n) is 15.6. The van der Waals surface area contributed by atoms with E-state index in [2.05, 4.69) is 0 Å². The van der Waals surface area contributed by atoms with E-state index in [1.54, 1.807) is 13.8 Å². The highest BCUT2D eigenvalue weighted by molar-refractivity contribution is 6.06. The number of phenols is 4. The summed E-state index contributed by atoms with van der Waals surface area (Å²) in [6.07, 6.45) is -2.73. The molecule has 8 nitrogen and oxygen atoms in total. The molecule has 1 heterocycles. The molecule has 28 heavy (non-hydrogen) atoms. The van der Waals surface area contributed by atoms with Crippen molar-refractivity contribution in [3.05, 3.63) is 41.0 Å². The number of aliphatic hydroxyl groups is 1. The third-order valence-electron chi connectivity index (χ3n) is 4.88. The van der Waals surface area contributed by atoms with Gasteiger partial charge in [0.1, 0.15) is 22.8 Å². The first-order valence-electron chi connectivity index (χ1n) is 8.59. The predicted octanol–water partition coefficient (Wildman–Crippen LogP) is 2.15. The Balaban J connectivity index is 2.06. The predicted molar refractivity (Wildman–Crippen MR) is 98.0 cm³/mol. The number of ether oxygens (including phenoxy) is 2. The first-order valence-corrected chi connectivity index (χ1v) is 8.59. The topological polar surface area (TPSA) is 137 Å². The van der Waals surface area contributed by atoms with Gasteiger partial charge in [-0.05, 0) is 31.5 Å². The van der Waals surface area contributed by atoms with Crippen molar-refractivity contribution in [2.75, 3.05) is 7.11 Å². The van der Waals surface area contributed by atoms with Crippen LogP contribution in [0.5, 0.6) is 28.7 Å². The van der Waals surface area contributed by atoms with Crippen LogP contribution in [0, 0.1) is 0 Å². The van der Waals surface area contributed by atoms with E-state index in [1.807, 2.05) is 0 Å². The molecule has 0 bridgehead atoms. The monoisotopic (exact) mass is 390 g/mol. The molecule has 3 rings (SSSR count). The Labute approximate surface area is 161 Å². The molecule has 2 unspecified atom stereocenters. The van der Waals surface area contributed by atoms with Gasteiger partial charge < -0.3 is 35.0 Å². The number of hydrogen-bond donors (Lipinski definition) is 5. The minimum absolute atomic E-state index is 0.0955. The molecular weight excluding hydrogens is 368 g/mol. The van der Waals surface area contributed by atoms with Crippen molar-refractivity contribution in [1.82, 2.24) is 0 Å². The first kappa shape index (κ1) is 19.8. The van der Waals surface area contributed by atoms with Crippen molar-refractivity contribution in [2.45, 2.75) is 38.1 Å². The summed E-state index contributed by atoms with van der Waals surface area (Å²) in [6, 6.07) is 4.95. The van der Waals surface area contributed by atoms with Gasteiger partial charge >= 0.3 is 0 Å². The normalized spacial score (nSPS) is 19.2. The Morgan fingerprint density at radius 1 is 1.07 bits per heavy atom. The van der Waals surface area contributed by atoms with Gasteiger partial charge in [-0.1, -0.05) is 6.07 Å². The maximum atomic E-state index is 12.8. The maximum absolute atomic E-state index is 12.8. The number of carbonyl (C=O) groups is 1. The van der Waals surface area contributed by atoms with E-state index in [1.165, 1.54) is 25.3 Å². The molecular formula is C20H22O8. The number of phenolic OH excluding ortho intramolecular Hbond substituents is 4. The molecule has 0 aliphatic carbocycles. The van der Waals surface area contributed by atoms with Gasteiger partial charge in [-0.2, -0.15) is 0 Å². The largest absolute Gasteiger partial charge is 0.507 e. The lowest BCUT2D eigenvalue weighted by molar-refractivity contribution is 0.0188. The number of methoxy groups -OCH3 is 1. The molecule has 0 amide bonds. The molecule has 0 saturated carbocycles. The Morgan fingerprint density at radius 3 is 2.36 bits per heavy atom. The van der Waals surface area contributed by atoms with E-state index in [0.29, 0.717) is 0 Å². The zero-order chi connectivity index (χ0) is 20.8. The van der Waals surface area contributed by atoms with Gasteiger partial charge in [-0.15, -0.1) is 0 Å². The molecule has 150 valence electrons. The number of Topliss-reactive ketones (excluding diaryl/α,β-unsaturated/α-hetero) is 1. The molecule has 2 aromatic rings. The van der Waals surface area contributed by atoms with Gasteiger partial charge in [0.15, 0.2) is 23.7 Å². The van der Waals surface area contributed by atoms with Gasteiger partial charge in [0.25, 0.3) is 0 Å². The van der Waals surface area contributed by atoms with E-state index in [-0.39, 0.29) is 40.4 Å². The van der Waals surface area contributed by atoms with Crippen molar-refractivity contribution in [3.8, 4) is 28.7 Å². The van der Waals surface area contributed by atoms with Crippen LogP contribution in [0.25, 0.3) is 0 Å². The summed E-state index contributed by atoms with van der Waals surface area (Å²) in [5.74, 6) is -2.43. The molecule has 0 fully saturated rings. The van der Waals surface area contributed by atoms with E-state index >= 15 is 0 Å².